The molecule has 0 atom stereocenters. The number of hydrogen-bond donors (Lipinski definition) is 2. The van der Waals surface area contributed by atoms with E-state index in [-0.39, 0.29) is 11.5 Å². The number of rotatable bonds is 1. The van der Waals surface area contributed by atoms with Crippen LogP contribution in [-0.4, -0.2) is 10.2 Å². The topological polar surface area (TPSA) is 53.6 Å². The number of phenolic OH excluding ortho intramolecular Hbond substituents is 2. The van der Waals surface area contributed by atoms with E-state index < -0.39 is 0 Å². The van der Waals surface area contributed by atoms with Crippen molar-refractivity contribution in [1.29, 1.82) is 0 Å². The highest BCUT2D eigenvalue weighted by molar-refractivity contribution is 6.24. The van der Waals surface area contributed by atoms with Gasteiger partial charge in [0.05, 0.1) is 0 Å². The van der Waals surface area contributed by atoms with E-state index in [1.807, 2.05) is 48.5 Å². The Labute approximate surface area is 143 Å². The second-order valence-electron chi connectivity index (χ2n) is 6.18. The van der Waals surface area contributed by atoms with E-state index in [1.165, 1.54) is 0 Å². The zero-order valence-electron chi connectivity index (χ0n) is 13.2. The molecule has 1 heterocycles. The summed E-state index contributed by atoms with van der Waals surface area (Å²) in [5.74, 6) is 1.23. The minimum absolute atomic E-state index is 0.228. The Morgan fingerprint density at radius 2 is 1.24 bits per heavy atom. The van der Waals surface area contributed by atoms with E-state index in [4.69, 9.17) is 4.42 Å². The summed E-state index contributed by atoms with van der Waals surface area (Å²) in [6, 6.07) is 22.5. The van der Waals surface area contributed by atoms with E-state index in [2.05, 4.69) is 0 Å². The van der Waals surface area contributed by atoms with Crippen molar-refractivity contribution in [2.45, 2.75) is 0 Å². The predicted molar refractivity (Wildman–Crippen MR) is 100.0 cm³/mol. The molecule has 0 amide bonds. The fraction of sp³-hybridized carbons (Fsp3) is 0. The molecule has 4 aromatic carbocycles. The molecule has 5 rings (SSSR count). The minimum atomic E-state index is 0.228. The smallest absolute Gasteiger partial charge is 0.143 e. The molecule has 5 aromatic rings. The summed E-state index contributed by atoms with van der Waals surface area (Å²) in [7, 11) is 0. The highest BCUT2D eigenvalue weighted by atomic mass is 16.3. The lowest BCUT2D eigenvalue weighted by molar-refractivity contribution is 0.475. The summed E-state index contributed by atoms with van der Waals surface area (Å²) in [5.41, 5.74) is 1.74. The molecule has 3 heteroatoms. The zero-order chi connectivity index (χ0) is 17.0. The van der Waals surface area contributed by atoms with Crippen molar-refractivity contribution in [2.24, 2.45) is 0 Å². The van der Waals surface area contributed by atoms with E-state index in [1.54, 1.807) is 24.3 Å². The molecule has 0 aliphatic rings. The van der Waals surface area contributed by atoms with Crippen LogP contribution >= 0.6 is 0 Å². The summed E-state index contributed by atoms with van der Waals surface area (Å²) >= 11 is 0. The molecule has 0 aliphatic carbocycles. The lowest BCUT2D eigenvalue weighted by Crippen LogP contribution is -1.79. The normalized spacial score (nSPS) is 11.5. The van der Waals surface area contributed by atoms with Crippen LogP contribution in [0.25, 0.3) is 43.8 Å². The molecule has 120 valence electrons. The molecule has 3 nitrogen and oxygen atoms in total. The zero-order valence-corrected chi connectivity index (χ0v) is 13.2. The average molecular weight is 326 g/mol. The minimum Gasteiger partial charge on any atom is -0.508 e. The van der Waals surface area contributed by atoms with Crippen molar-refractivity contribution in [3.8, 4) is 22.8 Å². The molecule has 0 unspecified atom stereocenters. The van der Waals surface area contributed by atoms with Gasteiger partial charge in [-0.3, -0.25) is 0 Å². The fourth-order valence-corrected chi connectivity index (χ4v) is 3.47. The summed E-state index contributed by atoms with van der Waals surface area (Å²) in [6.45, 7) is 0. The first kappa shape index (κ1) is 13.9. The largest absolute Gasteiger partial charge is 0.508 e. The van der Waals surface area contributed by atoms with Crippen molar-refractivity contribution in [3.63, 3.8) is 0 Å². The van der Waals surface area contributed by atoms with Crippen LogP contribution in [0.1, 0.15) is 0 Å². The van der Waals surface area contributed by atoms with Gasteiger partial charge in [0.25, 0.3) is 0 Å². The molecule has 0 saturated heterocycles. The SMILES string of the molecule is Oc1ccc(-c2cc3c4ccc(O)cc4c4ccccc4c3o2)cc1. The van der Waals surface area contributed by atoms with E-state index in [0.29, 0.717) is 0 Å². The molecular weight excluding hydrogens is 312 g/mol. The van der Waals surface area contributed by atoms with Gasteiger partial charge >= 0.3 is 0 Å². The lowest BCUT2D eigenvalue weighted by atomic mass is 9.98. The predicted octanol–water partition coefficient (Wildman–Crippen LogP) is 5.82. The number of furan rings is 1. The number of benzene rings is 4. The van der Waals surface area contributed by atoms with Gasteiger partial charge in [-0.05, 0) is 64.7 Å². The van der Waals surface area contributed by atoms with Gasteiger partial charge < -0.3 is 14.6 Å². The maximum absolute atomic E-state index is 9.92. The molecule has 1 aromatic heterocycles. The molecule has 2 N–H and O–H groups in total. The Kier molecular flexibility index (Phi) is 2.80. The van der Waals surface area contributed by atoms with Crippen LogP contribution in [0.5, 0.6) is 11.5 Å². The molecular formula is C22H14O3. The van der Waals surface area contributed by atoms with Gasteiger partial charge in [-0.1, -0.05) is 24.3 Å². The maximum atomic E-state index is 9.92. The highest BCUT2D eigenvalue weighted by Crippen LogP contribution is 2.40. The Morgan fingerprint density at radius 3 is 2.04 bits per heavy atom. The van der Waals surface area contributed by atoms with Crippen LogP contribution in [-0.2, 0) is 0 Å². The Hall–Kier alpha value is -3.46. The Morgan fingerprint density at radius 1 is 0.560 bits per heavy atom. The fourth-order valence-electron chi connectivity index (χ4n) is 3.47. The lowest BCUT2D eigenvalue weighted by Gasteiger charge is -2.06. The van der Waals surface area contributed by atoms with Crippen molar-refractivity contribution in [1.82, 2.24) is 0 Å². The van der Waals surface area contributed by atoms with E-state index in [9.17, 15) is 10.2 Å². The summed E-state index contributed by atoms with van der Waals surface area (Å²) < 4.78 is 6.20. The molecule has 0 radical (unpaired) electrons. The van der Waals surface area contributed by atoms with Crippen molar-refractivity contribution in [3.05, 3.63) is 72.8 Å². The van der Waals surface area contributed by atoms with Gasteiger partial charge in [0.2, 0.25) is 0 Å². The number of fused-ring (bicyclic) bond motifs is 6. The second kappa shape index (κ2) is 5.02. The summed E-state index contributed by atoms with van der Waals surface area (Å²) in [6.07, 6.45) is 0. The highest BCUT2D eigenvalue weighted by Gasteiger charge is 2.14. The van der Waals surface area contributed by atoms with Crippen LogP contribution in [0.3, 0.4) is 0 Å². The molecule has 0 spiro atoms. The molecule has 0 saturated carbocycles. The first-order valence-electron chi connectivity index (χ1n) is 8.07. The van der Waals surface area contributed by atoms with Gasteiger partial charge in [0, 0.05) is 16.3 Å². The third-order valence-corrected chi connectivity index (χ3v) is 4.64. The van der Waals surface area contributed by atoms with Crippen molar-refractivity contribution >= 4 is 32.5 Å². The summed E-state index contributed by atoms with van der Waals surface area (Å²) in [5, 5.41) is 24.5. The first-order chi connectivity index (χ1) is 12.2. The number of phenols is 2. The number of hydrogen-bond acceptors (Lipinski definition) is 3. The van der Waals surface area contributed by atoms with Gasteiger partial charge in [-0.15, -0.1) is 0 Å². The summed E-state index contributed by atoms with van der Waals surface area (Å²) in [4.78, 5) is 0. The standard InChI is InChI=1S/C22H14O3/c23-14-7-5-13(6-8-14)21-12-20-17-10-9-15(24)11-19(17)16-3-1-2-4-18(16)22(20)25-21/h1-12,23-24H. The molecule has 0 aliphatic heterocycles. The van der Waals surface area contributed by atoms with Crippen LogP contribution in [0.15, 0.2) is 77.2 Å². The third kappa shape index (κ3) is 2.06. The molecule has 0 bridgehead atoms. The van der Waals surface area contributed by atoms with Crippen LogP contribution in [0, 0.1) is 0 Å². The third-order valence-electron chi connectivity index (χ3n) is 4.64. The number of aromatic hydroxyl groups is 2. The van der Waals surface area contributed by atoms with Gasteiger partial charge in [0.1, 0.15) is 22.8 Å². The van der Waals surface area contributed by atoms with Crippen LogP contribution in [0.2, 0.25) is 0 Å². The quantitative estimate of drug-likeness (QED) is 0.382. The average Bonchev–Trinajstić information content (AvgIpc) is 3.08. The van der Waals surface area contributed by atoms with Crippen LogP contribution in [0.4, 0.5) is 0 Å². The van der Waals surface area contributed by atoms with E-state index in [0.717, 1.165) is 43.8 Å². The second-order valence-corrected chi connectivity index (χ2v) is 6.18. The van der Waals surface area contributed by atoms with Crippen molar-refractivity contribution in [2.75, 3.05) is 0 Å². The van der Waals surface area contributed by atoms with Crippen LogP contribution < -0.4 is 0 Å². The van der Waals surface area contributed by atoms with E-state index >= 15 is 0 Å². The monoisotopic (exact) mass is 326 g/mol. The van der Waals surface area contributed by atoms with Crippen molar-refractivity contribution < 1.29 is 14.6 Å². The Bertz CT molecular complexity index is 1250. The maximum Gasteiger partial charge on any atom is 0.143 e. The first-order valence-corrected chi connectivity index (χ1v) is 8.07. The van der Waals surface area contributed by atoms with Gasteiger partial charge in [-0.2, -0.15) is 0 Å². The Balaban J connectivity index is 1.93. The van der Waals surface area contributed by atoms with Gasteiger partial charge in [0.15, 0.2) is 0 Å². The van der Waals surface area contributed by atoms with Gasteiger partial charge in [-0.25, -0.2) is 0 Å². The molecule has 25 heavy (non-hydrogen) atoms. The molecule has 0 fully saturated rings.